The minimum Gasteiger partial charge on any atom is -0.394 e. The Morgan fingerprint density at radius 2 is 1.52 bits per heavy atom. The number of amides is 6. The largest absolute Gasteiger partial charge is 0.472 e. The predicted molar refractivity (Wildman–Crippen MR) is 231 cm³/mol. The Labute approximate surface area is 369 Å². The van der Waals surface area contributed by atoms with Gasteiger partial charge in [0.05, 0.1) is 32.3 Å². The summed E-state index contributed by atoms with van der Waals surface area (Å²) in [6.45, 7) is 5.05. The van der Waals surface area contributed by atoms with Gasteiger partial charge in [0, 0.05) is 38.3 Å². The number of benzene rings is 1. The molecular formula is C42H67N8O12P. The van der Waals surface area contributed by atoms with Crippen LogP contribution in [0, 0.1) is 5.92 Å². The zero-order chi connectivity index (χ0) is 46.5. The van der Waals surface area contributed by atoms with Crippen molar-refractivity contribution in [1.82, 2.24) is 35.7 Å². The van der Waals surface area contributed by atoms with E-state index in [1.54, 1.807) is 12.5 Å². The summed E-state index contributed by atoms with van der Waals surface area (Å²) in [6.07, 6.45) is 9.90. The number of aliphatic hydroxyl groups is 2. The van der Waals surface area contributed by atoms with Crippen molar-refractivity contribution < 1.29 is 57.5 Å². The van der Waals surface area contributed by atoms with Crippen LogP contribution >= 0.6 is 7.82 Å². The van der Waals surface area contributed by atoms with Crippen LogP contribution in [0.15, 0.2) is 42.9 Å². The fourth-order valence-electron chi connectivity index (χ4n) is 7.36. The summed E-state index contributed by atoms with van der Waals surface area (Å²) in [4.78, 5) is 95.2. The van der Waals surface area contributed by atoms with Gasteiger partial charge in [0.15, 0.2) is 0 Å². The van der Waals surface area contributed by atoms with Gasteiger partial charge in [-0.1, -0.05) is 69.9 Å². The molecule has 6 amide bonds. The van der Waals surface area contributed by atoms with Crippen LogP contribution in [0.5, 0.6) is 0 Å². The Morgan fingerprint density at radius 1 is 0.889 bits per heavy atom. The Bertz CT molecular complexity index is 1830. The Kier molecular flexibility index (Phi) is 22.4. The SMILES string of the molecule is CC(=O)N1CCC[C@H]1C(=O)N[C@@H](CC(C)C)C(=O)N[C@@H](Cc1cncn1CCCCCCCCc1ccccc1)C(=O)N[C@@H](CO)C(=O)N[C@H](C(N)=O)[C@@H](C)OP(=O)(O)OCCO. The van der Waals surface area contributed by atoms with E-state index in [0.717, 1.165) is 51.9 Å². The molecule has 1 aromatic carbocycles. The van der Waals surface area contributed by atoms with Crippen molar-refractivity contribution >= 4 is 43.3 Å². The van der Waals surface area contributed by atoms with Gasteiger partial charge in [-0.3, -0.25) is 37.8 Å². The van der Waals surface area contributed by atoms with Gasteiger partial charge in [0.25, 0.3) is 0 Å². The molecule has 0 spiro atoms. The molecule has 1 aliphatic rings. The number of nitrogens with zero attached hydrogens (tertiary/aromatic N) is 3. The second kappa shape index (κ2) is 26.8. The van der Waals surface area contributed by atoms with Crippen LogP contribution in [0.3, 0.4) is 0 Å². The number of carbonyl (C=O) groups excluding carboxylic acids is 6. The maximum atomic E-state index is 14.1. The fraction of sp³-hybridized carbons (Fsp3) is 0.643. The van der Waals surface area contributed by atoms with Gasteiger partial charge in [-0.25, -0.2) is 9.55 Å². The van der Waals surface area contributed by atoms with Gasteiger partial charge >= 0.3 is 7.82 Å². The Morgan fingerprint density at radius 3 is 2.16 bits per heavy atom. The van der Waals surface area contributed by atoms with Crippen LogP contribution in [-0.2, 0) is 61.8 Å². The molecule has 21 heteroatoms. The molecular weight excluding hydrogens is 839 g/mol. The van der Waals surface area contributed by atoms with Crippen LogP contribution in [-0.4, -0.2) is 128 Å². The third-order valence-electron chi connectivity index (χ3n) is 10.6. The molecule has 1 unspecified atom stereocenters. The number of phosphoric ester groups is 1. The van der Waals surface area contributed by atoms with E-state index < -0.39 is 93.5 Å². The van der Waals surface area contributed by atoms with E-state index in [-0.39, 0.29) is 24.7 Å². The third kappa shape index (κ3) is 18.1. The van der Waals surface area contributed by atoms with Crippen LogP contribution in [0.2, 0.25) is 0 Å². The number of aromatic nitrogens is 2. The number of likely N-dealkylation sites (tertiary alicyclic amines) is 1. The molecule has 9 N–H and O–H groups in total. The van der Waals surface area contributed by atoms with Gasteiger partial charge in [0.1, 0.15) is 30.2 Å². The molecule has 352 valence electrons. The molecule has 0 saturated carbocycles. The first-order chi connectivity index (χ1) is 30.0. The van der Waals surface area contributed by atoms with Gasteiger partial charge in [-0.15, -0.1) is 0 Å². The van der Waals surface area contributed by atoms with Crippen LogP contribution in [0.1, 0.15) is 96.7 Å². The number of aliphatic hydroxyl groups excluding tert-OH is 2. The quantitative estimate of drug-likeness (QED) is 0.0418. The number of unbranched alkanes of at least 4 members (excludes halogenated alkanes) is 5. The normalized spacial score (nSPS) is 17.2. The molecule has 0 radical (unpaired) electrons. The third-order valence-corrected chi connectivity index (χ3v) is 11.7. The van der Waals surface area contributed by atoms with Crippen molar-refractivity contribution in [2.24, 2.45) is 11.7 Å². The first kappa shape index (κ1) is 52.6. The molecule has 1 aromatic heterocycles. The number of phosphoric acid groups is 1. The molecule has 7 atom stereocenters. The summed E-state index contributed by atoms with van der Waals surface area (Å²) >= 11 is 0. The zero-order valence-corrected chi connectivity index (χ0v) is 37.7. The number of hydrogen-bond acceptors (Lipinski definition) is 12. The van der Waals surface area contributed by atoms with Crippen molar-refractivity contribution in [3.63, 3.8) is 0 Å². The van der Waals surface area contributed by atoms with E-state index in [1.165, 1.54) is 17.4 Å². The maximum Gasteiger partial charge on any atom is 0.472 e. The number of nitrogens with two attached hydrogens (primary N) is 1. The molecule has 1 aliphatic heterocycles. The minimum absolute atomic E-state index is 0.0841. The molecule has 1 fully saturated rings. The number of imidazole rings is 1. The Balaban J connectivity index is 1.77. The second-order valence-electron chi connectivity index (χ2n) is 16.2. The van der Waals surface area contributed by atoms with Crippen molar-refractivity contribution in [3.8, 4) is 0 Å². The number of carbonyl (C=O) groups is 6. The number of nitrogens with one attached hydrogen (secondary N) is 4. The maximum absolute atomic E-state index is 14.1. The van der Waals surface area contributed by atoms with Crippen molar-refractivity contribution in [2.45, 2.75) is 141 Å². The summed E-state index contributed by atoms with van der Waals surface area (Å²) in [5.41, 5.74) is 7.35. The van der Waals surface area contributed by atoms with Gasteiger partial charge in [0.2, 0.25) is 35.4 Å². The van der Waals surface area contributed by atoms with Crippen LogP contribution in [0.4, 0.5) is 0 Å². The van der Waals surface area contributed by atoms with Crippen molar-refractivity contribution in [2.75, 3.05) is 26.4 Å². The average Bonchev–Trinajstić information content (AvgIpc) is 3.91. The van der Waals surface area contributed by atoms with Gasteiger partial charge in [-0.05, 0) is 56.9 Å². The summed E-state index contributed by atoms with van der Waals surface area (Å²) in [5.74, 6) is -4.78. The van der Waals surface area contributed by atoms with E-state index in [9.17, 15) is 43.3 Å². The van der Waals surface area contributed by atoms with Crippen LogP contribution < -0.4 is 27.0 Å². The summed E-state index contributed by atoms with van der Waals surface area (Å²) in [6, 6.07) is 3.63. The lowest BCUT2D eigenvalue weighted by molar-refractivity contribution is -0.139. The molecule has 0 aliphatic carbocycles. The first-order valence-corrected chi connectivity index (χ1v) is 23.1. The highest BCUT2D eigenvalue weighted by molar-refractivity contribution is 7.47. The van der Waals surface area contributed by atoms with Crippen molar-refractivity contribution in [1.29, 1.82) is 0 Å². The second-order valence-corrected chi connectivity index (χ2v) is 17.6. The molecule has 63 heavy (non-hydrogen) atoms. The number of aryl methyl sites for hydroxylation is 2. The number of primary amides is 1. The molecule has 1 saturated heterocycles. The highest BCUT2D eigenvalue weighted by Gasteiger charge is 2.38. The first-order valence-electron chi connectivity index (χ1n) is 21.6. The molecule has 0 bridgehead atoms. The van der Waals surface area contributed by atoms with E-state index in [2.05, 4.69) is 42.9 Å². The highest BCUT2D eigenvalue weighted by atomic mass is 31.2. The fourth-order valence-corrected chi connectivity index (χ4v) is 8.27. The molecule has 3 rings (SSSR count). The standard InChI is InChI=1S/C42H67N8O12P/c1-28(2)23-33(46-42(58)36-18-14-20-50(36)30(4)53)39(55)45-34(24-32-25-44-27-49(32)19-13-8-6-5-7-10-15-31-16-11-9-12-17-31)40(56)47-35(26-52)41(57)48-37(38(43)54)29(3)62-63(59,60)61-22-21-51/h9,11-12,16-17,25,27-29,33-37,51-52H,5-8,10,13-15,18-24,26H2,1-4H3,(H2,43,54)(H,45,55)(H,46,58)(H,47,56)(H,48,57)(H,59,60)/t29-,33+,34+,35+,36+,37+/m1/s1. The smallest absolute Gasteiger partial charge is 0.394 e. The van der Waals surface area contributed by atoms with E-state index >= 15 is 0 Å². The lowest BCUT2D eigenvalue weighted by Crippen LogP contribution is -2.61. The van der Waals surface area contributed by atoms with Crippen LogP contribution in [0.25, 0.3) is 0 Å². The van der Waals surface area contributed by atoms with Gasteiger partial charge in [-0.2, -0.15) is 0 Å². The van der Waals surface area contributed by atoms with E-state index in [1.807, 2.05) is 36.6 Å². The van der Waals surface area contributed by atoms with Crippen molar-refractivity contribution in [3.05, 3.63) is 54.1 Å². The van der Waals surface area contributed by atoms with E-state index in [4.69, 9.17) is 15.4 Å². The highest BCUT2D eigenvalue weighted by Crippen LogP contribution is 2.44. The number of rotatable bonds is 29. The summed E-state index contributed by atoms with van der Waals surface area (Å²) < 4.78 is 23.6. The molecule has 2 aromatic rings. The molecule has 2 heterocycles. The zero-order valence-electron chi connectivity index (χ0n) is 36.8. The predicted octanol–water partition coefficient (Wildman–Crippen LogP) is 0.997. The lowest BCUT2D eigenvalue weighted by atomic mass is 10.0. The number of hydrogen-bond donors (Lipinski definition) is 8. The minimum atomic E-state index is -4.81. The van der Waals surface area contributed by atoms with E-state index in [0.29, 0.717) is 31.6 Å². The average molecular weight is 907 g/mol. The molecule has 20 nitrogen and oxygen atoms in total. The Hall–Kier alpha value is -4.72. The summed E-state index contributed by atoms with van der Waals surface area (Å²) in [5, 5.41) is 29.3. The monoisotopic (exact) mass is 906 g/mol. The van der Waals surface area contributed by atoms with Gasteiger partial charge < -0.3 is 51.6 Å². The topological polar surface area (TPSA) is 294 Å². The summed E-state index contributed by atoms with van der Waals surface area (Å²) in [7, 11) is -4.81. The lowest BCUT2D eigenvalue weighted by Gasteiger charge is -2.28.